The van der Waals surface area contributed by atoms with Gasteiger partial charge in [0.15, 0.2) is 5.75 Å². The third-order valence-corrected chi connectivity index (χ3v) is 10.5. The summed E-state index contributed by atoms with van der Waals surface area (Å²) in [4.78, 5) is 25.8. The summed E-state index contributed by atoms with van der Waals surface area (Å²) in [5, 5.41) is 62.7. The number of halogens is 4. The van der Waals surface area contributed by atoms with E-state index in [2.05, 4.69) is 88.8 Å². The molecule has 0 heterocycles. The first-order valence-electron chi connectivity index (χ1n) is 15.4. The minimum Gasteiger partial charge on any atom is -0.507 e. The second-order valence-corrected chi connectivity index (χ2v) is 15.9. The molecule has 0 spiro atoms. The quantitative estimate of drug-likeness (QED) is 0.0290. The lowest BCUT2D eigenvalue weighted by atomic mass is 9.95. The molecule has 0 fully saturated rings. The summed E-state index contributed by atoms with van der Waals surface area (Å²) in [6.45, 7) is 0.296. The van der Waals surface area contributed by atoms with Gasteiger partial charge in [-0.1, -0.05) is 22.4 Å². The predicted molar refractivity (Wildman–Crippen MR) is 212 cm³/mol. The first-order chi connectivity index (χ1) is 25.5. The molecule has 0 aliphatic rings. The molecule has 286 valence electrons. The standard InChI is InChI=1S/C34H30Br4N4O11S/c35-23-11-17(1-3-29(23)43)5-7-39-33(46)27(41-48)15-19-9-21(31(44)25(37)13-19)22-10-20(14-26(38)32(22)45)16-28(42-49)34(47)40-8-6-18-2-4-30(24(36)12-18)53-54(50,51)52/h1-4,9-14,43-45,48-49H,5-8,15-16H2,(H,39,46)(H,40,47)(H,50,51,52). The van der Waals surface area contributed by atoms with Crippen LogP contribution in [0.1, 0.15) is 22.3 Å². The van der Waals surface area contributed by atoms with Crippen LogP contribution in [0.25, 0.3) is 11.1 Å². The zero-order valence-electron chi connectivity index (χ0n) is 27.6. The van der Waals surface area contributed by atoms with E-state index in [9.17, 15) is 43.7 Å². The molecule has 2 amide bonds. The number of phenolic OH excluding ortho intramolecular Hbond substituents is 3. The van der Waals surface area contributed by atoms with E-state index in [1.807, 2.05) is 0 Å². The van der Waals surface area contributed by atoms with E-state index in [1.165, 1.54) is 42.5 Å². The third-order valence-electron chi connectivity index (χ3n) is 7.65. The molecule has 4 rings (SSSR count). The molecule has 0 aliphatic heterocycles. The van der Waals surface area contributed by atoms with E-state index in [4.69, 9.17) is 4.55 Å². The molecule has 8 N–H and O–H groups in total. The second kappa shape index (κ2) is 18.9. The highest BCUT2D eigenvalue weighted by molar-refractivity contribution is 9.11. The van der Waals surface area contributed by atoms with Gasteiger partial charge < -0.3 is 40.6 Å². The monoisotopic (exact) mass is 1020 g/mol. The molecule has 0 unspecified atom stereocenters. The van der Waals surface area contributed by atoms with E-state index in [0.29, 0.717) is 27.6 Å². The number of carbonyl (C=O) groups excluding carboxylic acids is 2. The molecule has 0 saturated heterocycles. The van der Waals surface area contributed by atoms with Crippen molar-refractivity contribution in [3.05, 3.63) is 101 Å². The normalized spacial score (nSPS) is 12.0. The molecule has 0 aliphatic carbocycles. The van der Waals surface area contributed by atoms with Gasteiger partial charge >= 0.3 is 10.4 Å². The summed E-state index contributed by atoms with van der Waals surface area (Å²) in [7, 11) is -4.72. The van der Waals surface area contributed by atoms with Crippen molar-refractivity contribution in [2.75, 3.05) is 13.1 Å². The Morgan fingerprint density at radius 3 is 1.46 bits per heavy atom. The fourth-order valence-electron chi connectivity index (χ4n) is 5.07. The van der Waals surface area contributed by atoms with Crippen molar-refractivity contribution in [2.45, 2.75) is 25.7 Å². The molecule has 0 radical (unpaired) electrons. The topological polar surface area (TPSA) is 248 Å². The highest BCUT2D eigenvalue weighted by atomic mass is 79.9. The Kier molecular flexibility index (Phi) is 14.9. The van der Waals surface area contributed by atoms with Crippen molar-refractivity contribution in [1.29, 1.82) is 0 Å². The maximum absolute atomic E-state index is 12.9. The number of phenols is 3. The van der Waals surface area contributed by atoms with Crippen molar-refractivity contribution < 1.29 is 52.5 Å². The Hall–Kier alpha value is -4.21. The van der Waals surface area contributed by atoms with Crippen LogP contribution in [0.4, 0.5) is 0 Å². The molecule has 0 bridgehead atoms. The molecule has 0 atom stereocenters. The van der Waals surface area contributed by atoms with Crippen LogP contribution in [-0.2, 0) is 45.7 Å². The van der Waals surface area contributed by atoms with Gasteiger partial charge in [-0.05, 0) is 147 Å². The van der Waals surface area contributed by atoms with E-state index < -0.39 is 22.2 Å². The number of carbonyl (C=O) groups is 2. The molecule has 4 aromatic carbocycles. The number of aromatic hydroxyl groups is 3. The molecule has 0 saturated carbocycles. The van der Waals surface area contributed by atoms with Crippen molar-refractivity contribution >= 4 is 97.4 Å². The predicted octanol–water partition coefficient (Wildman–Crippen LogP) is 6.17. The van der Waals surface area contributed by atoms with Crippen molar-refractivity contribution in [3.8, 4) is 34.1 Å². The number of hydrogen-bond donors (Lipinski definition) is 8. The molecule has 54 heavy (non-hydrogen) atoms. The van der Waals surface area contributed by atoms with Crippen LogP contribution in [-0.4, -0.2) is 75.0 Å². The fourth-order valence-corrected chi connectivity index (χ4v) is 7.49. The lowest BCUT2D eigenvalue weighted by molar-refractivity contribution is -0.115. The Balaban J connectivity index is 1.45. The molecule has 15 nitrogen and oxygen atoms in total. The highest BCUT2D eigenvalue weighted by Crippen LogP contribution is 2.44. The summed E-state index contributed by atoms with van der Waals surface area (Å²) >= 11 is 13.0. The summed E-state index contributed by atoms with van der Waals surface area (Å²) < 4.78 is 36.5. The summed E-state index contributed by atoms with van der Waals surface area (Å²) in [5.41, 5.74) is 2.08. The number of hydrogen-bond acceptors (Lipinski definition) is 12. The third kappa shape index (κ3) is 11.6. The Labute approximate surface area is 342 Å². The van der Waals surface area contributed by atoms with Gasteiger partial charge in [-0.25, -0.2) is 0 Å². The largest absolute Gasteiger partial charge is 0.507 e. The highest BCUT2D eigenvalue weighted by Gasteiger charge is 2.21. The van der Waals surface area contributed by atoms with Gasteiger partial charge in [-0.3, -0.25) is 14.1 Å². The van der Waals surface area contributed by atoms with Crippen molar-refractivity contribution in [1.82, 2.24) is 10.6 Å². The van der Waals surface area contributed by atoms with Crippen LogP contribution in [0, 0.1) is 0 Å². The van der Waals surface area contributed by atoms with Crippen molar-refractivity contribution in [2.24, 2.45) is 10.3 Å². The summed E-state index contributed by atoms with van der Waals surface area (Å²) in [6, 6.07) is 15.3. The van der Waals surface area contributed by atoms with Gasteiger partial charge in [0.1, 0.15) is 28.7 Å². The number of nitrogens with one attached hydrogen (secondary N) is 2. The van der Waals surface area contributed by atoms with Crippen molar-refractivity contribution in [3.63, 3.8) is 0 Å². The smallest absolute Gasteiger partial charge is 0.446 e. The minimum absolute atomic E-state index is 0.0825. The Morgan fingerprint density at radius 2 is 1.06 bits per heavy atom. The molecule has 20 heteroatoms. The second-order valence-electron chi connectivity index (χ2n) is 11.5. The van der Waals surface area contributed by atoms with E-state index >= 15 is 0 Å². The molecule has 4 aromatic rings. The maximum Gasteiger partial charge on any atom is 0.446 e. The van der Waals surface area contributed by atoms with Crippen LogP contribution in [0.5, 0.6) is 23.0 Å². The SMILES string of the molecule is O=C(NCCc1ccc(O)c(Br)c1)C(Cc1cc(Br)c(O)c(-c2cc(CC(=NO)C(=O)NCCc3ccc(OS(=O)(=O)O)c(Br)c3)cc(Br)c2O)c1)=NO. The Bertz CT molecular complexity index is 2250. The van der Waals surface area contributed by atoms with E-state index in [0.717, 1.165) is 5.56 Å². The van der Waals surface area contributed by atoms with Gasteiger partial charge in [-0.15, -0.1) is 0 Å². The Morgan fingerprint density at radius 1 is 0.630 bits per heavy atom. The van der Waals surface area contributed by atoms with Crippen LogP contribution in [0.3, 0.4) is 0 Å². The lowest BCUT2D eigenvalue weighted by Gasteiger charge is -2.15. The lowest BCUT2D eigenvalue weighted by Crippen LogP contribution is -2.33. The van der Waals surface area contributed by atoms with E-state index in [1.54, 1.807) is 18.2 Å². The summed E-state index contributed by atoms with van der Waals surface area (Å²) in [5.74, 6) is -1.92. The fraction of sp³-hybridized carbons (Fsp3) is 0.176. The average molecular weight is 1020 g/mol. The zero-order valence-corrected chi connectivity index (χ0v) is 34.7. The zero-order chi connectivity index (χ0) is 39.7. The number of nitrogens with zero attached hydrogens (tertiary/aromatic N) is 2. The number of amides is 2. The maximum atomic E-state index is 12.9. The van der Waals surface area contributed by atoms with Gasteiger partial charge in [0.05, 0.1) is 17.9 Å². The number of rotatable bonds is 15. The van der Waals surface area contributed by atoms with Gasteiger partial charge in [0.2, 0.25) is 0 Å². The first kappa shape index (κ1) is 42.5. The van der Waals surface area contributed by atoms with Gasteiger partial charge in [-0.2, -0.15) is 8.42 Å². The van der Waals surface area contributed by atoms with Crippen LogP contribution in [0.2, 0.25) is 0 Å². The van der Waals surface area contributed by atoms with Crippen LogP contribution < -0.4 is 14.8 Å². The van der Waals surface area contributed by atoms with Gasteiger partial charge in [0, 0.05) is 37.1 Å². The summed E-state index contributed by atoms with van der Waals surface area (Å²) in [6.07, 6.45) is 0.351. The number of oxime groups is 2. The van der Waals surface area contributed by atoms with Crippen LogP contribution >= 0.6 is 63.7 Å². The molecular weight excluding hydrogens is 992 g/mol. The average Bonchev–Trinajstić information content (AvgIpc) is 3.11. The van der Waals surface area contributed by atoms with E-state index in [-0.39, 0.29) is 91.3 Å². The minimum atomic E-state index is -4.72. The molecule has 0 aromatic heterocycles. The molecular formula is C34H30Br4N4O11S. The van der Waals surface area contributed by atoms with Crippen LogP contribution in [0.15, 0.2) is 88.9 Å². The number of benzene rings is 4. The first-order valence-corrected chi connectivity index (χ1v) is 20.0. The van der Waals surface area contributed by atoms with Gasteiger partial charge in [0.25, 0.3) is 11.8 Å².